The van der Waals surface area contributed by atoms with Crippen molar-refractivity contribution < 1.29 is 8.42 Å². The number of sulfone groups is 1. The molecule has 1 heterocycles. The summed E-state index contributed by atoms with van der Waals surface area (Å²) < 4.78 is 26.0. The second-order valence-electron chi connectivity index (χ2n) is 4.06. The molecule has 0 unspecified atom stereocenters. The predicted molar refractivity (Wildman–Crippen MR) is 64.6 cm³/mol. The van der Waals surface area contributed by atoms with Crippen molar-refractivity contribution in [2.24, 2.45) is 7.05 Å². The summed E-state index contributed by atoms with van der Waals surface area (Å²) in [6, 6.07) is 8.39. The number of rotatable bonds is 2. The zero-order valence-corrected chi connectivity index (χ0v) is 10.8. The molecule has 5 heteroatoms. The topological polar surface area (TPSA) is 52.0 Å². The van der Waals surface area contributed by atoms with Gasteiger partial charge in [0.05, 0.1) is 10.6 Å². The summed E-state index contributed by atoms with van der Waals surface area (Å²) >= 11 is 0. The van der Waals surface area contributed by atoms with Gasteiger partial charge in [-0.15, -0.1) is 0 Å². The van der Waals surface area contributed by atoms with E-state index in [-0.39, 0.29) is 5.03 Å². The summed E-state index contributed by atoms with van der Waals surface area (Å²) in [5, 5.41) is 4.28. The van der Waals surface area contributed by atoms with Crippen LogP contribution in [0.4, 0.5) is 0 Å². The van der Waals surface area contributed by atoms with Crippen molar-refractivity contribution in [3.8, 4) is 0 Å². The van der Waals surface area contributed by atoms with Crippen LogP contribution < -0.4 is 0 Å². The Labute approximate surface area is 101 Å². The van der Waals surface area contributed by atoms with Crippen LogP contribution >= 0.6 is 0 Å². The maximum atomic E-state index is 12.3. The lowest BCUT2D eigenvalue weighted by atomic mass is 10.2. The highest BCUT2D eigenvalue weighted by Crippen LogP contribution is 2.21. The van der Waals surface area contributed by atoms with Crippen LogP contribution in [0, 0.1) is 13.8 Å². The first-order chi connectivity index (χ1) is 7.91. The van der Waals surface area contributed by atoms with Crippen LogP contribution in [-0.2, 0) is 16.9 Å². The van der Waals surface area contributed by atoms with Gasteiger partial charge in [0, 0.05) is 7.05 Å². The van der Waals surface area contributed by atoms with Gasteiger partial charge < -0.3 is 0 Å². The first-order valence-electron chi connectivity index (χ1n) is 5.23. The quantitative estimate of drug-likeness (QED) is 0.817. The highest BCUT2D eigenvalue weighted by Gasteiger charge is 2.21. The van der Waals surface area contributed by atoms with Gasteiger partial charge in [0.25, 0.3) is 0 Å². The average molecular weight is 250 g/mol. The first-order valence-corrected chi connectivity index (χ1v) is 6.72. The molecule has 0 saturated heterocycles. The molecule has 0 saturated carbocycles. The molecule has 2 aromatic rings. The lowest BCUT2D eigenvalue weighted by Crippen LogP contribution is -2.08. The van der Waals surface area contributed by atoms with Crippen LogP contribution in [0.1, 0.15) is 11.3 Å². The summed E-state index contributed by atoms with van der Waals surface area (Å²) in [5.41, 5.74) is 1.73. The predicted octanol–water partition coefficient (Wildman–Crippen LogP) is 1.87. The van der Waals surface area contributed by atoms with Gasteiger partial charge in [0.15, 0.2) is 5.03 Å². The number of aryl methyl sites for hydroxylation is 3. The van der Waals surface area contributed by atoms with Crippen molar-refractivity contribution in [3.05, 3.63) is 41.6 Å². The molecule has 0 aliphatic heterocycles. The summed E-state index contributed by atoms with van der Waals surface area (Å²) in [4.78, 5) is 0.297. The molecule has 0 aliphatic rings. The Bertz CT molecular complexity index is 640. The molecule has 17 heavy (non-hydrogen) atoms. The Hall–Kier alpha value is -1.62. The second kappa shape index (κ2) is 4.00. The summed E-state index contributed by atoms with van der Waals surface area (Å²) in [6.07, 6.45) is 0. The Morgan fingerprint density at radius 1 is 1.12 bits per heavy atom. The van der Waals surface area contributed by atoms with E-state index >= 15 is 0 Å². The van der Waals surface area contributed by atoms with E-state index < -0.39 is 9.84 Å². The van der Waals surface area contributed by atoms with Gasteiger partial charge in [-0.25, -0.2) is 8.42 Å². The Morgan fingerprint density at radius 2 is 1.71 bits per heavy atom. The van der Waals surface area contributed by atoms with E-state index in [0.717, 1.165) is 5.56 Å². The number of nitrogens with zero attached hydrogens (tertiary/aromatic N) is 2. The minimum Gasteiger partial charge on any atom is -0.257 e. The molecule has 1 aromatic heterocycles. The molecule has 0 amide bonds. The Morgan fingerprint density at radius 3 is 2.18 bits per heavy atom. The molecular formula is C12H14N2O2S. The van der Waals surface area contributed by atoms with Gasteiger partial charge in [-0.05, 0) is 32.0 Å². The summed E-state index contributed by atoms with van der Waals surface area (Å²) in [7, 11) is -1.83. The molecule has 0 spiro atoms. The number of hydrogen-bond donors (Lipinski definition) is 0. The Balaban J connectivity index is 2.57. The van der Waals surface area contributed by atoms with E-state index in [1.54, 1.807) is 44.3 Å². The van der Waals surface area contributed by atoms with Crippen molar-refractivity contribution in [2.45, 2.75) is 23.8 Å². The normalized spacial score (nSPS) is 11.7. The van der Waals surface area contributed by atoms with Gasteiger partial charge in [-0.2, -0.15) is 5.10 Å². The minimum atomic E-state index is -3.47. The lowest BCUT2D eigenvalue weighted by Gasteiger charge is -2.04. The molecule has 1 aromatic carbocycles. The largest absolute Gasteiger partial charge is 0.257 e. The van der Waals surface area contributed by atoms with E-state index in [9.17, 15) is 8.42 Å². The fraction of sp³-hybridized carbons (Fsp3) is 0.250. The van der Waals surface area contributed by atoms with Gasteiger partial charge in [0.2, 0.25) is 9.84 Å². The highest BCUT2D eigenvalue weighted by molar-refractivity contribution is 7.91. The summed E-state index contributed by atoms with van der Waals surface area (Å²) in [6.45, 7) is 3.69. The van der Waals surface area contributed by atoms with Gasteiger partial charge in [-0.3, -0.25) is 4.68 Å². The van der Waals surface area contributed by atoms with Crippen molar-refractivity contribution >= 4 is 9.84 Å². The van der Waals surface area contributed by atoms with Crippen LogP contribution in [-0.4, -0.2) is 18.2 Å². The maximum absolute atomic E-state index is 12.3. The number of benzene rings is 1. The molecule has 0 N–H and O–H groups in total. The third kappa shape index (κ3) is 2.10. The zero-order chi connectivity index (χ0) is 12.6. The van der Waals surface area contributed by atoms with Crippen LogP contribution in [0.2, 0.25) is 0 Å². The van der Waals surface area contributed by atoms with Crippen LogP contribution in [0.3, 0.4) is 0 Å². The molecule has 0 atom stereocenters. The van der Waals surface area contributed by atoms with Crippen LogP contribution in [0.25, 0.3) is 0 Å². The van der Waals surface area contributed by atoms with Crippen molar-refractivity contribution in [3.63, 3.8) is 0 Å². The maximum Gasteiger partial charge on any atom is 0.223 e. The monoisotopic (exact) mass is 250 g/mol. The molecular weight excluding hydrogens is 236 g/mol. The van der Waals surface area contributed by atoms with Gasteiger partial charge >= 0.3 is 0 Å². The van der Waals surface area contributed by atoms with Crippen molar-refractivity contribution in [1.29, 1.82) is 0 Å². The molecule has 0 bridgehead atoms. The third-order valence-corrected chi connectivity index (χ3v) is 4.39. The summed E-state index contributed by atoms with van der Waals surface area (Å²) in [5.74, 6) is 0. The van der Waals surface area contributed by atoms with E-state index in [4.69, 9.17) is 0 Å². The first kappa shape index (κ1) is 11.9. The number of aromatic nitrogens is 2. The van der Waals surface area contributed by atoms with Crippen molar-refractivity contribution in [2.75, 3.05) is 0 Å². The van der Waals surface area contributed by atoms with E-state index in [0.29, 0.717) is 10.6 Å². The fourth-order valence-corrected chi connectivity index (χ4v) is 3.13. The van der Waals surface area contributed by atoms with Crippen LogP contribution in [0.15, 0.2) is 40.3 Å². The van der Waals surface area contributed by atoms with Gasteiger partial charge in [0.1, 0.15) is 0 Å². The second-order valence-corrected chi connectivity index (χ2v) is 5.96. The molecule has 2 rings (SSSR count). The fourth-order valence-electron chi connectivity index (χ4n) is 1.68. The smallest absolute Gasteiger partial charge is 0.223 e. The molecule has 0 aliphatic carbocycles. The minimum absolute atomic E-state index is 0.221. The SMILES string of the molecule is Cc1ccc(S(=O)(=O)c2cc(C)nn2C)cc1. The standard InChI is InChI=1S/C12H14N2O2S/c1-9-4-6-11(7-5-9)17(15,16)12-8-10(2)13-14(12)3/h4-8H,1-3H3. The molecule has 0 fully saturated rings. The average Bonchev–Trinajstić information content (AvgIpc) is 2.59. The highest BCUT2D eigenvalue weighted by atomic mass is 32.2. The van der Waals surface area contributed by atoms with E-state index in [1.165, 1.54) is 4.68 Å². The van der Waals surface area contributed by atoms with E-state index in [1.807, 2.05) is 6.92 Å². The zero-order valence-electron chi connectivity index (χ0n) is 10.0. The van der Waals surface area contributed by atoms with Crippen LogP contribution in [0.5, 0.6) is 0 Å². The Kier molecular flexibility index (Phi) is 2.79. The lowest BCUT2D eigenvalue weighted by molar-refractivity contribution is 0.576. The molecule has 0 radical (unpaired) electrons. The van der Waals surface area contributed by atoms with Crippen molar-refractivity contribution in [1.82, 2.24) is 9.78 Å². The molecule has 90 valence electrons. The van der Waals surface area contributed by atoms with E-state index in [2.05, 4.69) is 5.10 Å². The molecule has 4 nitrogen and oxygen atoms in total. The van der Waals surface area contributed by atoms with Gasteiger partial charge in [-0.1, -0.05) is 17.7 Å². The third-order valence-electron chi connectivity index (χ3n) is 2.57. The number of hydrogen-bond acceptors (Lipinski definition) is 3.